The number of thiocarbonyl (C=S) groups is 1. The van der Waals surface area contributed by atoms with Gasteiger partial charge in [-0.05, 0) is 72.1 Å². The number of allylic oxidation sites excluding steroid dienone is 2. The second-order valence-corrected chi connectivity index (χ2v) is 7.11. The predicted molar refractivity (Wildman–Crippen MR) is 86.4 cm³/mol. The smallest absolute Gasteiger partial charge is 0.0650 e. The van der Waals surface area contributed by atoms with Crippen molar-refractivity contribution in [3.05, 3.63) is 11.6 Å². The molecular weight excluding hydrogens is 254 g/mol. The van der Waals surface area contributed by atoms with Crippen molar-refractivity contribution >= 4 is 17.7 Å². The lowest BCUT2D eigenvalue weighted by atomic mass is 9.76. The van der Waals surface area contributed by atoms with Gasteiger partial charge in [0.2, 0.25) is 0 Å². The van der Waals surface area contributed by atoms with Gasteiger partial charge in [-0.2, -0.15) is 0 Å². The molecule has 0 heterocycles. The molecule has 0 amide bonds. The Morgan fingerprint density at radius 2 is 2.11 bits per heavy atom. The molecule has 0 aliphatic heterocycles. The Kier molecular flexibility index (Phi) is 6.00. The lowest BCUT2D eigenvalue weighted by Gasteiger charge is -2.36. The Hall–Kier alpha value is -0.410. The summed E-state index contributed by atoms with van der Waals surface area (Å²) in [5, 5.41) is 13.9. The van der Waals surface area contributed by atoms with E-state index in [9.17, 15) is 5.11 Å². The van der Waals surface area contributed by atoms with Crippen molar-refractivity contribution < 1.29 is 5.11 Å². The maximum atomic E-state index is 10.7. The molecule has 0 aromatic rings. The zero-order chi connectivity index (χ0) is 14.5. The van der Waals surface area contributed by atoms with Crippen LogP contribution in [0.4, 0.5) is 0 Å². The number of rotatable bonds is 7. The fraction of sp³-hybridized carbons (Fsp3) is 0.812. The van der Waals surface area contributed by atoms with Gasteiger partial charge in [0, 0.05) is 5.54 Å². The first-order valence-corrected chi connectivity index (χ1v) is 7.83. The van der Waals surface area contributed by atoms with Crippen molar-refractivity contribution in [3.63, 3.8) is 0 Å². The third-order valence-electron chi connectivity index (χ3n) is 4.45. The van der Waals surface area contributed by atoms with E-state index in [1.807, 2.05) is 6.92 Å². The molecule has 0 saturated heterocycles. The van der Waals surface area contributed by atoms with Crippen molar-refractivity contribution in [1.29, 1.82) is 0 Å². The molecule has 0 aromatic heterocycles. The van der Waals surface area contributed by atoms with E-state index in [1.54, 1.807) is 5.49 Å². The first-order chi connectivity index (χ1) is 8.77. The van der Waals surface area contributed by atoms with Crippen molar-refractivity contribution in [1.82, 2.24) is 5.32 Å². The van der Waals surface area contributed by atoms with Crippen molar-refractivity contribution in [2.45, 2.75) is 77.4 Å². The molecule has 2 N–H and O–H groups in total. The molecule has 0 saturated carbocycles. The first-order valence-electron chi connectivity index (χ1n) is 7.36. The molecule has 2 atom stereocenters. The van der Waals surface area contributed by atoms with Crippen molar-refractivity contribution in [2.24, 2.45) is 5.92 Å². The van der Waals surface area contributed by atoms with Gasteiger partial charge in [-0.3, -0.25) is 0 Å². The Bertz CT molecular complexity index is 334. The lowest BCUT2D eigenvalue weighted by molar-refractivity contribution is -0.0159. The van der Waals surface area contributed by atoms with Gasteiger partial charge in [0.15, 0.2) is 0 Å². The average Bonchev–Trinajstić information content (AvgIpc) is 2.28. The third-order valence-corrected chi connectivity index (χ3v) is 4.57. The summed E-state index contributed by atoms with van der Waals surface area (Å²) >= 11 is 4.85. The average molecular weight is 283 g/mol. The zero-order valence-electron chi connectivity index (χ0n) is 12.8. The van der Waals surface area contributed by atoms with Gasteiger partial charge < -0.3 is 10.4 Å². The summed E-state index contributed by atoms with van der Waals surface area (Å²) < 4.78 is 0. The molecule has 2 nitrogen and oxygen atoms in total. The Morgan fingerprint density at radius 3 is 2.63 bits per heavy atom. The molecule has 0 spiro atoms. The van der Waals surface area contributed by atoms with Gasteiger partial charge in [0.05, 0.1) is 11.1 Å². The van der Waals surface area contributed by atoms with Gasteiger partial charge in [-0.15, -0.1) is 0 Å². The zero-order valence-corrected chi connectivity index (χ0v) is 13.6. The van der Waals surface area contributed by atoms with Crippen LogP contribution in [0.5, 0.6) is 0 Å². The number of nitrogens with one attached hydrogen (secondary N) is 1. The molecule has 110 valence electrons. The molecule has 0 unspecified atom stereocenters. The fourth-order valence-corrected chi connectivity index (χ4v) is 3.17. The van der Waals surface area contributed by atoms with Gasteiger partial charge in [-0.1, -0.05) is 23.9 Å². The first kappa shape index (κ1) is 16.6. The number of hydrogen-bond acceptors (Lipinski definition) is 2. The van der Waals surface area contributed by atoms with Crippen LogP contribution in [-0.2, 0) is 0 Å². The molecule has 3 heteroatoms. The van der Waals surface area contributed by atoms with E-state index in [1.165, 1.54) is 5.57 Å². The molecule has 0 radical (unpaired) electrons. The molecule has 0 bridgehead atoms. The minimum atomic E-state index is -0.537. The van der Waals surface area contributed by atoms with E-state index < -0.39 is 5.60 Å². The van der Waals surface area contributed by atoms with Crippen LogP contribution >= 0.6 is 12.2 Å². The van der Waals surface area contributed by atoms with Crippen molar-refractivity contribution in [2.75, 3.05) is 0 Å². The molecule has 0 fully saturated rings. The minimum Gasteiger partial charge on any atom is -0.390 e. The highest BCUT2D eigenvalue weighted by Crippen LogP contribution is 2.35. The van der Waals surface area contributed by atoms with Gasteiger partial charge in [-0.25, -0.2) is 0 Å². The monoisotopic (exact) mass is 283 g/mol. The van der Waals surface area contributed by atoms with Crippen LogP contribution < -0.4 is 5.32 Å². The third kappa shape index (κ3) is 5.62. The van der Waals surface area contributed by atoms with Crippen LogP contribution in [-0.4, -0.2) is 21.7 Å². The minimum absolute atomic E-state index is 0.0287. The summed E-state index contributed by atoms with van der Waals surface area (Å²) in [6.45, 7) is 8.49. The molecule has 1 aliphatic carbocycles. The molecule has 19 heavy (non-hydrogen) atoms. The number of aliphatic hydroxyl groups is 1. The van der Waals surface area contributed by atoms with Crippen LogP contribution in [0, 0.1) is 5.92 Å². The quantitative estimate of drug-likeness (QED) is 0.547. The highest BCUT2D eigenvalue weighted by Gasteiger charge is 2.32. The van der Waals surface area contributed by atoms with Crippen LogP contribution in [0.1, 0.15) is 66.2 Å². The second kappa shape index (κ2) is 6.85. The maximum absolute atomic E-state index is 10.7. The van der Waals surface area contributed by atoms with Gasteiger partial charge in [0.25, 0.3) is 0 Å². The Morgan fingerprint density at radius 1 is 1.42 bits per heavy atom. The standard InChI is InChI=1S/C16H29NOS/c1-13-6-8-14(9-7-13)16(4,18)11-5-10-15(2,3)17-12-19/h6,12,14,18H,5,7-11H2,1-4H3,(H,17,19)/t14-,16+/m1/s1. The molecule has 1 aliphatic rings. The summed E-state index contributed by atoms with van der Waals surface area (Å²) in [6, 6.07) is 0. The van der Waals surface area contributed by atoms with Crippen LogP contribution in [0.25, 0.3) is 0 Å². The fourth-order valence-electron chi connectivity index (χ4n) is 2.85. The van der Waals surface area contributed by atoms with E-state index >= 15 is 0 Å². The largest absolute Gasteiger partial charge is 0.390 e. The SMILES string of the molecule is CC1=CC[C@@H]([C@@](C)(O)CCCC(C)(C)NC=S)CC1. The maximum Gasteiger partial charge on any atom is 0.0650 e. The van der Waals surface area contributed by atoms with Gasteiger partial charge in [0.1, 0.15) is 0 Å². The van der Waals surface area contributed by atoms with Crippen LogP contribution in [0.15, 0.2) is 11.6 Å². The summed E-state index contributed by atoms with van der Waals surface area (Å²) in [6.07, 6.45) is 8.50. The van der Waals surface area contributed by atoms with Crippen LogP contribution in [0.2, 0.25) is 0 Å². The van der Waals surface area contributed by atoms with E-state index in [2.05, 4.69) is 32.2 Å². The summed E-state index contributed by atoms with van der Waals surface area (Å²) in [7, 11) is 0. The number of hydrogen-bond donors (Lipinski definition) is 2. The lowest BCUT2D eigenvalue weighted by Crippen LogP contribution is -2.39. The molecular formula is C16H29NOS. The topological polar surface area (TPSA) is 32.3 Å². The summed E-state index contributed by atoms with van der Waals surface area (Å²) in [5.74, 6) is 0.415. The highest BCUT2D eigenvalue weighted by molar-refractivity contribution is 7.78. The van der Waals surface area contributed by atoms with Crippen LogP contribution in [0.3, 0.4) is 0 Å². The van der Waals surface area contributed by atoms with E-state index in [0.29, 0.717) is 5.92 Å². The van der Waals surface area contributed by atoms with E-state index in [0.717, 1.165) is 38.5 Å². The summed E-state index contributed by atoms with van der Waals surface area (Å²) in [5.41, 5.74) is 2.55. The molecule has 1 rings (SSSR count). The molecule has 0 aromatic carbocycles. The van der Waals surface area contributed by atoms with Gasteiger partial charge >= 0.3 is 0 Å². The van der Waals surface area contributed by atoms with E-state index in [-0.39, 0.29) is 5.54 Å². The highest BCUT2D eigenvalue weighted by atomic mass is 32.1. The Balaban J connectivity index is 2.41. The van der Waals surface area contributed by atoms with E-state index in [4.69, 9.17) is 12.2 Å². The normalized spacial score (nSPS) is 23.4. The summed E-state index contributed by atoms with van der Waals surface area (Å²) in [4.78, 5) is 0. The Labute approximate surface area is 123 Å². The predicted octanol–water partition coefficient (Wildman–Crippen LogP) is 3.98. The van der Waals surface area contributed by atoms with Crippen molar-refractivity contribution in [3.8, 4) is 0 Å². The second-order valence-electron chi connectivity index (χ2n) is 6.88.